The first-order valence-electron chi connectivity index (χ1n) is 6.08. The van der Waals surface area contributed by atoms with E-state index in [4.69, 9.17) is 4.74 Å². The monoisotopic (exact) mass is 223 g/mol. The maximum atomic E-state index is 5.08. The zero-order valence-electron chi connectivity index (χ0n) is 10.1. The van der Waals surface area contributed by atoms with E-state index in [0.29, 0.717) is 6.04 Å². The summed E-state index contributed by atoms with van der Waals surface area (Å²) >= 11 is 0. The molecule has 16 heavy (non-hydrogen) atoms. The Balaban J connectivity index is 1.95. The van der Waals surface area contributed by atoms with Crippen LogP contribution >= 0.6 is 0 Å². The summed E-state index contributed by atoms with van der Waals surface area (Å²) in [5.74, 6) is 1.74. The van der Waals surface area contributed by atoms with Crippen LogP contribution in [0.25, 0.3) is 0 Å². The predicted octanol–water partition coefficient (Wildman–Crippen LogP) is 2.13. The van der Waals surface area contributed by atoms with Crippen LogP contribution in [-0.4, -0.2) is 29.3 Å². The van der Waals surface area contributed by atoms with Gasteiger partial charge in [0.05, 0.1) is 6.61 Å². The smallest absolute Gasteiger partial charge is 0.203 e. The van der Waals surface area contributed by atoms with Crippen LogP contribution in [0.4, 0.5) is 5.95 Å². The standard InChI is InChI=1S/C12H21N3O/c1-10-4-3-5-11(10)14-12-13-6-7-15(12)8-9-16-2/h6-7,10-11H,3-5,8-9H2,1-2H3,(H,13,14). The van der Waals surface area contributed by atoms with Crippen LogP contribution in [-0.2, 0) is 11.3 Å². The number of aromatic nitrogens is 2. The van der Waals surface area contributed by atoms with Gasteiger partial charge in [0.2, 0.25) is 5.95 Å². The van der Waals surface area contributed by atoms with Gasteiger partial charge in [0.25, 0.3) is 0 Å². The van der Waals surface area contributed by atoms with Crippen molar-refractivity contribution in [3.63, 3.8) is 0 Å². The molecule has 0 spiro atoms. The van der Waals surface area contributed by atoms with Gasteiger partial charge < -0.3 is 14.6 Å². The number of imidazole rings is 1. The topological polar surface area (TPSA) is 39.1 Å². The van der Waals surface area contributed by atoms with Crippen molar-refractivity contribution in [2.24, 2.45) is 5.92 Å². The van der Waals surface area contributed by atoms with Crippen molar-refractivity contribution in [2.45, 2.75) is 38.8 Å². The zero-order chi connectivity index (χ0) is 11.4. The molecule has 4 nitrogen and oxygen atoms in total. The Hall–Kier alpha value is -1.03. The van der Waals surface area contributed by atoms with Crippen molar-refractivity contribution in [1.82, 2.24) is 9.55 Å². The third kappa shape index (κ3) is 2.55. The van der Waals surface area contributed by atoms with Gasteiger partial charge in [-0.1, -0.05) is 13.3 Å². The molecule has 0 bridgehead atoms. The first kappa shape index (κ1) is 11.5. The van der Waals surface area contributed by atoms with Crippen LogP contribution in [0.2, 0.25) is 0 Å². The molecule has 2 unspecified atom stereocenters. The van der Waals surface area contributed by atoms with Gasteiger partial charge in [-0.15, -0.1) is 0 Å². The summed E-state index contributed by atoms with van der Waals surface area (Å²) < 4.78 is 7.20. The highest BCUT2D eigenvalue weighted by atomic mass is 16.5. The minimum Gasteiger partial charge on any atom is -0.383 e. The Morgan fingerprint density at radius 3 is 3.12 bits per heavy atom. The Bertz CT molecular complexity index is 324. The third-order valence-corrected chi connectivity index (χ3v) is 3.43. The molecule has 1 aliphatic rings. The average Bonchev–Trinajstić information content (AvgIpc) is 2.87. The Morgan fingerprint density at radius 2 is 2.44 bits per heavy atom. The quantitative estimate of drug-likeness (QED) is 0.831. The maximum Gasteiger partial charge on any atom is 0.203 e. The predicted molar refractivity (Wildman–Crippen MR) is 64.5 cm³/mol. The molecular formula is C12H21N3O. The molecule has 1 saturated carbocycles. The Morgan fingerprint density at radius 1 is 1.56 bits per heavy atom. The number of ether oxygens (including phenoxy) is 1. The second-order valence-corrected chi connectivity index (χ2v) is 4.60. The lowest BCUT2D eigenvalue weighted by atomic mass is 10.1. The van der Waals surface area contributed by atoms with Crippen molar-refractivity contribution in [3.05, 3.63) is 12.4 Å². The lowest BCUT2D eigenvalue weighted by Crippen LogP contribution is -2.24. The van der Waals surface area contributed by atoms with E-state index < -0.39 is 0 Å². The van der Waals surface area contributed by atoms with Crippen LogP contribution in [0.5, 0.6) is 0 Å². The largest absolute Gasteiger partial charge is 0.383 e. The highest BCUT2D eigenvalue weighted by Crippen LogP contribution is 2.27. The van der Waals surface area contributed by atoms with Crippen LogP contribution in [0.1, 0.15) is 26.2 Å². The number of nitrogens with zero attached hydrogens (tertiary/aromatic N) is 2. The van der Waals surface area contributed by atoms with E-state index in [1.165, 1.54) is 19.3 Å². The van der Waals surface area contributed by atoms with Gasteiger partial charge in [-0.25, -0.2) is 4.98 Å². The summed E-state index contributed by atoms with van der Waals surface area (Å²) in [6.07, 6.45) is 7.77. The summed E-state index contributed by atoms with van der Waals surface area (Å²) in [6, 6.07) is 0.587. The van der Waals surface area contributed by atoms with E-state index in [-0.39, 0.29) is 0 Å². The van der Waals surface area contributed by atoms with Crippen LogP contribution in [0.3, 0.4) is 0 Å². The second-order valence-electron chi connectivity index (χ2n) is 4.60. The van der Waals surface area contributed by atoms with Crippen molar-refractivity contribution in [3.8, 4) is 0 Å². The second kappa shape index (κ2) is 5.34. The third-order valence-electron chi connectivity index (χ3n) is 3.43. The first-order chi connectivity index (χ1) is 7.81. The number of hydrogen-bond donors (Lipinski definition) is 1. The molecule has 1 N–H and O–H groups in total. The van der Waals surface area contributed by atoms with Crippen molar-refractivity contribution < 1.29 is 4.74 Å². The average molecular weight is 223 g/mol. The van der Waals surface area contributed by atoms with Gasteiger partial charge in [-0.2, -0.15) is 0 Å². The van der Waals surface area contributed by atoms with E-state index in [9.17, 15) is 0 Å². The summed E-state index contributed by atoms with van der Waals surface area (Å²) in [7, 11) is 1.73. The molecule has 0 aliphatic heterocycles. The summed E-state index contributed by atoms with van der Waals surface area (Å²) in [6.45, 7) is 3.90. The zero-order valence-corrected chi connectivity index (χ0v) is 10.1. The normalized spacial score (nSPS) is 24.9. The van der Waals surface area contributed by atoms with E-state index in [0.717, 1.165) is 25.0 Å². The SMILES string of the molecule is COCCn1ccnc1NC1CCCC1C. The highest BCUT2D eigenvalue weighted by molar-refractivity contribution is 5.28. The summed E-state index contributed by atoms with van der Waals surface area (Å²) in [5.41, 5.74) is 0. The Labute approximate surface area is 97.0 Å². The molecule has 4 heteroatoms. The molecule has 2 atom stereocenters. The van der Waals surface area contributed by atoms with Crippen molar-refractivity contribution in [1.29, 1.82) is 0 Å². The lowest BCUT2D eigenvalue weighted by molar-refractivity contribution is 0.187. The van der Waals surface area contributed by atoms with Crippen molar-refractivity contribution >= 4 is 5.95 Å². The number of nitrogens with one attached hydrogen (secondary N) is 1. The fraction of sp³-hybridized carbons (Fsp3) is 0.750. The lowest BCUT2D eigenvalue weighted by Gasteiger charge is -2.18. The van der Waals surface area contributed by atoms with Gasteiger partial charge in [-0.05, 0) is 18.8 Å². The van der Waals surface area contributed by atoms with Crippen LogP contribution < -0.4 is 5.32 Å². The number of methoxy groups -OCH3 is 1. The summed E-state index contributed by atoms with van der Waals surface area (Å²) in [5, 5.41) is 3.54. The molecule has 1 fully saturated rings. The molecule has 1 heterocycles. The molecular weight excluding hydrogens is 202 g/mol. The molecule has 0 aromatic carbocycles. The molecule has 1 aliphatic carbocycles. The van der Waals surface area contributed by atoms with Crippen molar-refractivity contribution in [2.75, 3.05) is 19.0 Å². The van der Waals surface area contributed by atoms with Gasteiger partial charge >= 0.3 is 0 Å². The molecule has 0 radical (unpaired) electrons. The minimum atomic E-state index is 0.587. The fourth-order valence-corrected chi connectivity index (χ4v) is 2.35. The molecule has 1 aromatic heterocycles. The molecule has 0 amide bonds. The van der Waals surface area contributed by atoms with Gasteiger partial charge in [-0.3, -0.25) is 0 Å². The van der Waals surface area contributed by atoms with E-state index in [2.05, 4.69) is 21.8 Å². The van der Waals surface area contributed by atoms with E-state index in [1.807, 2.05) is 12.4 Å². The molecule has 0 saturated heterocycles. The van der Waals surface area contributed by atoms with Crippen LogP contribution in [0.15, 0.2) is 12.4 Å². The maximum absolute atomic E-state index is 5.08. The van der Waals surface area contributed by atoms with Gasteiger partial charge in [0, 0.05) is 32.1 Å². The molecule has 1 aromatic rings. The number of rotatable bonds is 5. The minimum absolute atomic E-state index is 0.587. The fourth-order valence-electron chi connectivity index (χ4n) is 2.35. The molecule has 2 rings (SSSR count). The first-order valence-corrected chi connectivity index (χ1v) is 6.08. The molecule has 90 valence electrons. The summed E-state index contributed by atoms with van der Waals surface area (Å²) in [4.78, 5) is 4.36. The number of anilines is 1. The van der Waals surface area contributed by atoms with Gasteiger partial charge in [0.1, 0.15) is 0 Å². The van der Waals surface area contributed by atoms with E-state index in [1.54, 1.807) is 7.11 Å². The highest BCUT2D eigenvalue weighted by Gasteiger charge is 2.24. The Kier molecular flexibility index (Phi) is 3.83. The van der Waals surface area contributed by atoms with Gasteiger partial charge in [0.15, 0.2) is 0 Å². The van der Waals surface area contributed by atoms with E-state index >= 15 is 0 Å². The number of hydrogen-bond acceptors (Lipinski definition) is 3. The van der Waals surface area contributed by atoms with Crippen LogP contribution in [0, 0.1) is 5.92 Å².